The summed E-state index contributed by atoms with van der Waals surface area (Å²) in [6.07, 6.45) is 7.67. The molecule has 7 nitrogen and oxygen atoms in total. The number of hydrogen-bond acceptors (Lipinski definition) is 6. The van der Waals surface area contributed by atoms with Gasteiger partial charge in [0.05, 0.1) is 4.92 Å². The van der Waals surface area contributed by atoms with Gasteiger partial charge in [-0.3, -0.25) is 10.1 Å². The molecule has 0 amide bonds. The second-order valence-corrected chi connectivity index (χ2v) is 5.94. The molecule has 1 saturated heterocycles. The van der Waals surface area contributed by atoms with E-state index < -0.39 is 0 Å². The lowest BCUT2D eigenvalue weighted by molar-refractivity contribution is -0.383. The summed E-state index contributed by atoms with van der Waals surface area (Å²) in [5.74, 6) is 2.19. The van der Waals surface area contributed by atoms with Gasteiger partial charge in [-0.05, 0) is 24.7 Å². The summed E-state index contributed by atoms with van der Waals surface area (Å²) >= 11 is 0. The highest BCUT2D eigenvalue weighted by molar-refractivity contribution is 5.70. The molecule has 1 aliphatic carbocycles. The molecular weight excluding hydrogens is 270 g/mol. The van der Waals surface area contributed by atoms with E-state index in [-0.39, 0.29) is 16.4 Å². The minimum atomic E-state index is -0.381. The summed E-state index contributed by atoms with van der Waals surface area (Å²) in [5, 5.41) is 14.2. The van der Waals surface area contributed by atoms with Crippen LogP contribution in [0.2, 0.25) is 0 Å². The third-order valence-corrected chi connectivity index (χ3v) is 4.81. The average Bonchev–Trinajstić information content (AvgIpc) is 2.53. The Bertz CT molecular complexity index is 536. The van der Waals surface area contributed by atoms with Crippen molar-refractivity contribution >= 4 is 17.3 Å². The molecule has 0 spiro atoms. The second kappa shape index (κ2) is 5.83. The molecule has 0 bridgehead atoms. The van der Waals surface area contributed by atoms with Gasteiger partial charge in [0.25, 0.3) is 0 Å². The molecule has 7 heteroatoms. The Morgan fingerprint density at radius 1 is 1.29 bits per heavy atom. The van der Waals surface area contributed by atoms with Crippen molar-refractivity contribution in [2.75, 3.05) is 30.4 Å². The predicted molar refractivity (Wildman–Crippen MR) is 80.5 cm³/mol. The number of hydrogen-bond donors (Lipinski definition) is 1. The zero-order chi connectivity index (χ0) is 14.8. The minimum Gasteiger partial charge on any atom is -0.367 e. The summed E-state index contributed by atoms with van der Waals surface area (Å²) in [5.41, 5.74) is -0.00532. The molecule has 1 N–H and O–H groups in total. The number of nitrogens with zero attached hydrogens (tertiary/aromatic N) is 4. The zero-order valence-electron chi connectivity index (χ0n) is 12.3. The van der Waals surface area contributed by atoms with Crippen LogP contribution in [0.1, 0.15) is 32.1 Å². The van der Waals surface area contributed by atoms with Crippen molar-refractivity contribution in [3.8, 4) is 0 Å². The normalized spacial score (nSPS) is 25.3. The largest absolute Gasteiger partial charge is 0.367 e. The van der Waals surface area contributed by atoms with Crippen LogP contribution >= 0.6 is 0 Å². The monoisotopic (exact) mass is 291 g/mol. The van der Waals surface area contributed by atoms with Crippen LogP contribution in [0.15, 0.2) is 6.33 Å². The van der Waals surface area contributed by atoms with Gasteiger partial charge in [0.1, 0.15) is 6.33 Å². The van der Waals surface area contributed by atoms with Crippen LogP contribution in [0, 0.1) is 22.0 Å². The maximum Gasteiger partial charge on any atom is 0.353 e. The van der Waals surface area contributed by atoms with Crippen LogP contribution in [-0.4, -0.2) is 35.0 Å². The van der Waals surface area contributed by atoms with Crippen LogP contribution in [0.25, 0.3) is 0 Å². The number of anilines is 2. The molecule has 3 rings (SSSR count). The highest BCUT2D eigenvalue weighted by Gasteiger charge is 2.35. The summed E-state index contributed by atoms with van der Waals surface area (Å²) in [6.45, 7) is 1.73. The van der Waals surface area contributed by atoms with Gasteiger partial charge in [0.15, 0.2) is 0 Å². The van der Waals surface area contributed by atoms with Crippen molar-refractivity contribution in [2.45, 2.75) is 32.1 Å². The van der Waals surface area contributed by atoms with Gasteiger partial charge in [0.2, 0.25) is 11.6 Å². The van der Waals surface area contributed by atoms with Crippen LogP contribution in [-0.2, 0) is 0 Å². The molecule has 0 radical (unpaired) electrons. The standard InChI is InChI=1S/C14H21N5O2/c1-15-13-12(19(20)21)14(17-9-16-13)18-7-6-10-4-2-3-5-11(10)8-18/h9-11H,2-8H2,1H3,(H,15,16,17). The topological polar surface area (TPSA) is 84.2 Å². The zero-order valence-corrected chi connectivity index (χ0v) is 12.3. The molecular formula is C14H21N5O2. The fourth-order valence-electron chi connectivity index (χ4n) is 3.75. The van der Waals surface area contributed by atoms with Crippen molar-refractivity contribution in [3.05, 3.63) is 16.4 Å². The first-order valence-corrected chi connectivity index (χ1v) is 7.62. The van der Waals surface area contributed by atoms with Crippen LogP contribution < -0.4 is 10.2 Å². The Hall–Kier alpha value is -1.92. The molecule has 1 aliphatic heterocycles. The summed E-state index contributed by atoms with van der Waals surface area (Å²) in [7, 11) is 1.65. The second-order valence-electron chi connectivity index (χ2n) is 5.94. The molecule has 114 valence electrons. The van der Waals surface area contributed by atoms with Crippen molar-refractivity contribution in [1.29, 1.82) is 0 Å². The van der Waals surface area contributed by atoms with Crippen molar-refractivity contribution in [2.24, 2.45) is 11.8 Å². The lowest BCUT2D eigenvalue weighted by Crippen LogP contribution is -2.42. The van der Waals surface area contributed by atoms with E-state index in [1.165, 1.54) is 32.0 Å². The van der Waals surface area contributed by atoms with E-state index >= 15 is 0 Å². The smallest absolute Gasteiger partial charge is 0.353 e. The highest BCUT2D eigenvalue weighted by atomic mass is 16.6. The van der Waals surface area contributed by atoms with E-state index in [1.807, 2.05) is 0 Å². The molecule has 2 unspecified atom stereocenters. The molecule has 1 saturated carbocycles. The van der Waals surface area contributed by atoms with E-state index in [9.17, 15) is 10.1 Å². The number of nitro groups is 1. The number of nitrogens with one attached hydrogen (secondary N) is 1. The third-order valence-electron chi connectivity index (χ3n) is 4.81. The maximum absolute atomic E-state index is 11.4. The highest BCUT2D eigenvalue weighted by Crippen LogP contribution is 2.40. The average molecular weight is 291 g/mol. The van der Waals surface area contributed by atoms with Gasteiger partial charge in [-0.2, -0.15) is 0 Å². The molecule has 0 aromatic carbocycles. The van der Waals surface area contributed by atoms with E-state index in [0.717, 1.165) is 25.4 Å². The Labute approximate surface area is 123 Å². The Balaban J connectivity index is 1.88. The molecule has 2 heterocycles. The molecule has 2 atom stereocenters. The van der Waals surface area contributed by atoms with Gasteiger partial charge in [0, 0.05) is 20.1 Å². The minimum absolute atomic E-state index is 0.00532. The summed E-state index contributed by atoms with van der Waals surface area (Å²) < 4.78 is 0. The van der Waals surface area contributed by atoms with Crippen LogP contribution in [0.5, 0.6) is 0 Å². The quantitative estimate of drug-likeness (QED) is 0.680. The van der Waals surface area contributed by atoms with E-state index in [2.05, 4.69) is 20.2 Å². The molecule has 2 fully saturated rings. The first-order valence-electron chi connectivity index (χ1n) is 7.62. The Morgan fingerprint density at radius 3 is 2.76 bits per heavy atom. The van der Waals surface area contributed by atoms with Gasteiger partial charge < -0.3 is 10.2 Å². The molecule has 21 heavy (non-hydrogen) atoms. The number of rotatable bonds is 3. The van der Waals surface area contributed by atoms with Crippen LogP contribution in [0.3, 0.4) is 0 Å². The fraction of sp³-hybridized carbons (Fsp3) is 0.714. The maximum atomic E-state index is 11.4. The first-order chi connectivity index (χ1) is 10.2. The molecule has 1 aromatic heterocycles. The number of aromatic nitrogens is 2. The predicted octanol–water partition coefficient (Wildman–Crippen LogP) is 2.44. The van der Waals surface area contributed by atoms with Crippen LogP contribution in [0.4, 0.5) is 17.3 Å². The lowest BCUT2D eigenvalue weighted by Gasteiger charge is -2.41. The van der Waals surface area contributed by atoms with Gasteiger partial charge >= 0.3 is 5.69 Å². The first kappa shape index (κ1) is 14.0. The van der Waals surface area contributed by atoms with Crippen molar-refractivity contribution in [3.63, 3.8) is 0 Å². The van der Waals surface area contributed by atoms with Crippen molar-refractivity contribution < 1.29 is 4.92 Å². The SMILES string of the molecule is CNc1ncnc(N2CCC3CCCCC3C2)c1[N+](=O)[O-]. The Kier molecular flexibility index (Phi) is 3.90. The van der Waals surface area contributed by atoms with Gasteiger partial charge in [-0.15, -0.1) is 0 Å². The number of fused-ring (bicyclic) bond motifs is 1. The summed E-state index contributed by atoms with van der Waals surface area (Å²) in [6, 6.07) is 0. The van der Waals surface area contributed by atoms with E-state index in [1.54, 1.807) is 7.05 Å². The third kappa shape index (κ3) is 2.64. The van der Waals surface area contributed by atoms with E-state index in [0.29, 0.717) is 11.7 Å². The van der Waals surface area contributed by atoms with E-state index in [4.69, 9.17) is 0 Å². The molecule has 2 aliphatic rings. The van der Waals surface area contributed by atoms with Crippen molar-refractivity contribution in [1.82, 2.24) is 9.97 Å². The fourth-order valence-corrected chi connectivity index (χ4v) is 3.75. The van der Waals surface area contributed by atoms with Gasteiger partial charge in [-0.1, -0.05) is 19.3 Å². The van der Waals surface area contributed by atoms with Gasteiger partial charge in [-0.25, -0.2) is 9.97 Å². The number of piperidine rings is 1. The summed E-state index contributed by atoms with van der Waals surface area (Å²) in [4.78, 5) is 21.2. The molecule has 1 aromatic rings. The Morgan fingerprint density at radius 2 is 2.05 bits per heavy atom. The lowest BCUT2D eigenvalue weighted by atomic mass is 9.75.